The molecule has 0 spiro atoms. The number of anilines is 1. The van der Waals surface area contributed by atoms with E-state index >= 15 is 0 Å². The van der Waals surface area contributed by atoms with Gasteiger partial charge in [-0.25, -0.2) is 0 Å². The normalized spacial score (nSPS) is 15.1. The number of carbonyl (C=O) groups excluding carboxylic acids is 1. The Morgan fingerprint density at radius 3 is 2.46 bits per heavy atom. The van der Waals surface area contributed by atoms with Crippen LogP contribution in [0.25, 0.3) is 10.8 Å². The molecule has 8 heteroatoms. The van der Waals surface area contributed by atoms with Gasteiger partial charge in [-0.05, 0) is 41.1 Å². The van der Waals surface area contributed by atoms with Crippen LogP contribution in [0, 0.1) is 0 Å². The smallest absolute Gasteiger partial charge is 0.241 e. The maximum atomic E-state index is 13.0. The summed E-state index contributed by atoms with van der Waals surface area (Å²) in [6, 6.07) is 27.4. The molecule has 1 atom stereocenters. The summed E-state index contributed by atoms with van der Waals surface area (Å²) in [7, 11) is 3.26. The third-order valence-corrected chi connectivity index (χ3v) is 7.02. The van der Waals surface area contributed by atoms with Crippen LogP contribution >= 0.6 is 0 Å². The summed E-state index contributed by atoms with van der Waals surface area (Å²) in [6.07, 6.45) is 0.713. The van der Waals surface area contributed by atoms with Gasteiger partial charge in [0.05, 0.1) is 46.6 Å². The molecule has 0 bridgehead atoms. The number of nitrogens with zero attached hydrogens (tertiary/aromatic N) is 1. The topological polar surface area (TPSA) is 78.5 Å². The Balaban J connectivity index is 1.17. The molecular weight excluding hydrogens is 520 g/mol. The number of methoxy groups -OCH3 is 2. The highest BCUT2D eigenvalue weighted by Crippen LogP contribution is 2.33. The zero-order valence-electron chi connectivity index (χ0n) is 23.5. The quantitative estimate of drug-likeness (QED) is 0.226. The molecule has 0 radical (unpaired) electrons. The number of fused-ring (bicyclic) bond motifs is 1. The Labute approximate surface area is 240 Å². The highest BCUT2D eigenvalue weighted by atomic mass is 16.5. The molecule has 41 heavy (non-hydrogen) atoms. The lowest BCUT2D eigenvalue weighted by Gasteiger charge is -2.36. The summed E-state index contributed by atoms with van der Waals surface area (Å²) in [5.41, 5.74) is 1.75. The van der Waals surface area contributed by atoms with Crippen LogP contribution in [0.4, 0.5) is 5.69 Å². The molecule has 1 heterocycles. The van der Waals surface area contributed by atoms with Gasteiger partial charge < -0.3 is 33.9 Å². The molecule has 0 saturated carbocycles. The summed E-state index contributed by atoms with van der Waals surface area (Å²) in [6.45, 7) is 2.73. The molecule has 0 aromatic heterocycles. The first kappa shape index (κ1) is 28.3. The van der Waals surface area contributed by atoms with E-state index in [2.05, 4.69) is 17.4 Å². The lowest BCUT2D eigenvalue weighted by molar-refractivity contribution is -0.119. The van der Waals surface area contributed by atoms with E-state index in [0.29, 0.717) is 50.9 Å². The summed E-state index contributed by atoms with van der Waals surface area (Å²) in [4.78, 5) is 14.8. The Morgan fingerprint density at radius 2 is 1.61 bits per heavy atom. The van der Waals surface area contributed by atoms with Crippen molar-refractivity contribution in [3.63, 3.8) is 0 Å². The number of hydrogen-bond acceptors (Lipinski definition) is 7. The third kappa shape index (κ3) is 7.09. The Hall–Kier alpha value is -4.27. The van der Waals surface area contributed by atoms with Crippen molar-refractivity contribution in [2.24, 2.45) is 0 Å². The number of para-hydroxylation sites is 1. The van der Waals surface area contributed by atoms with Crippen molar-refractivity contribution in [3.8, 4) is 23.0 Å². The Morgan fingerprint density at radius 1 is 0.805 bits per heavy atom. The first-order valence-corrected chi connectivity index (χ1v) is 13.8. The zero-order chi connectivity index (χ0) is 28.4. The minimum Gasteiger partial charge on any atom is -0.496 e. The van der Waals surface area contributed by atoms with Crippen LogP contribution in [0.15, 0.2) is 84.9 Å². The number of piperazine rings is 1. The van der Waals surface area contributed by atoms with Gasteiger partial charge in [0, 0.05) is 30.3 Å². The summed E-state index contributed by atoms with van der Waals surface area (Å²) >= 11 is 0. The fraction of sp³-hybridized carbons (Fsp3) is 0.303. The average molecular weight is 557 g/mol. The van der Waals surface area contributed by atoms with Crippen LogP contribution in [-0.4, -0.2) is 59.1 Å². The zero-order valence-corrected chi connectivity index (χ0v) is 23.5. The second-order valence-electron chi connectivity index (χ2n) is 9.77. The largest absolute Gasteiger partial charge is 0.496 e. The summed E-state index contributed by atoms with van der Waals surface area (Å²) in [5.74, 6) is 2.76. The van der Waals surface area contributed by atoms with E-state index in [9.17, 15) is 4.79 Å². The van der Waals surface area contributed by atoms with E-state index < -0.39 is 0 Å². The van der Waals surface area contributed by atoms with Gasteiger partial charge in [0.1, 0.15) is 18.1 Å². The van der Waals surface area contributed by atoms with Gasteiger partial charge in [-0.15, -0.1) is 0 Å². The fourth-order valence-electron chi connectivity index (χ4n) is 4.94. The number of hydrogen-bond donors (Lipinski definition) is 1. The molecule has 0 aliphatic carbocycles. The molecule has 0 unspecified atom stereocenters. The second-order valence-corrected chi connectivity index (χ2v) is 9.77. The van der Waals surface area contributed by atoms with E-state index in [1.54, 1.807) is 19.1 Å². The standard InChI is InChI=1S/C33H36N2O6/c1-37-30-11-6-5-10-26(30)22-39-16-7-17-40-31-15-13-27(19-32(31)38-2)35-28(20-34-21-33(35)36)23-41-29-14-12-24-8-3-4-9-25(24)18-29/h3-6,8-15,18-19,28,34H,7,16-17,20-23H2,1-2H3/t28-/m1/s1. The van der Waals surface area contributed by atoms with E-state index in [0.717, 1.165) is 33.5 Å². The van der Waals surface area contributed by atoms with E-state index in [1.165, 1.54) is 0 Å². The van der Waals surface area contributed by atoms with Crippen molar-refractivity contribution < 1.29 is 28.5 Å². The van der Waals surface area contributed by atoms with E-state index in [4.69, 9.17) is 23.7 Å². The number of carbonyl (C=O) groups is 1. The van der Waals surface area contributed by atoms with Crippen LogP contribution in [0.5, 0.6) is 23.0 Å². The van der Waals surface area contributed by atoms with E-state index in [-0.39, 0.29) is 18.5 Å². The SMILES string of the molecule is COc1ccccc1COCCCOc1ccc(N2C(=O)CNC[C@@H]2COc2ccc3ccccc3c2)cc1OC. The second kappa shape index (κ2) is 13.9. The van der Waals surface area contributed by atoms with Gasteiger partial charge in [-0.2, -0.15) is 0 Å². The number of rotatable bonds is 13. The lowest BCUT2D eigenvalue weighted by Crippen LogP contribution is -2.57. The summed E-state index contributed by atoms with van der Waals surface area (Å²) < 4.78 is 28.9. The lowest BCUT2D eigenvalue weighted by atomic mass is 10.1. The van der Waals surface area contributed by atoms with Gasteiger partial charge in [-0.3, -0.25) is 4.79 Å². The van der Waals surface area contributed by atoms with Gasteiger partial charge in [-0.1, -0.05) is 48.5 Å². The maximum Gasteiger partial charge on any atom is 0.241 e. The number of nitrogens with one attached hydrogen (secondary N) is 1. The van der Waals surface area contributed by atoms with Gasteiger partial charge in [0.25, 0.3) is 0 Å². The van der Waals surface area contributed by atoms with Crippen molar-refractivity contribution >= 4 is 22.4 Å². The molecule has 1 amide bonds. The van der Waals surface area contributed by atoms with Crippen LogP contribution in [0.1, 0.15) is 12.0 Å². The van der Waals surface area contributed by atoms with Crippen molar-refractivity contribution in [1.82, 2.24) is 5.32 Å². The molecule has 1 aliphatic heterocycles. The van der Waals surface area contributed by atoms with Crippen LogP contribution in [0.3, 0.4) is 0 Å². The maximum absolute atomic E-state index is 13.0. The fourth-order valence-corrected chi connectivity index (χ4v) is 4.94. The van der Waals surface area contributed by atoms with E-state index in [1.807, 2.05) is 72.8 Å². The minimum atomic E-state index is -0.181. The average Bonchev–Trinajstić information content (AvgIpc) is 3.02. The van der Waals surface area contributed by atoms with Crippen LogP contribution < -0.4 is 29.2 Å². The predicted molar refractivity (Wildman–Crippen MR) is 159 cm³/mol. The number of amides is 1. The molecular formula is C33H36N2O6. The molecule has 4 aromatic carbocycles. The van der Waals surface area contributed by atoms with Gasteiger partial charge in [0.15, 0.2) is 11.5 Å². The highest BCUT2D eigenvalue weighted by Gasteiger charge is 2.30. The van der Waals surface area contributed by atoms with Crippen molar-refractivity contribution in [3.05, 3.63) is 90.5 Å². The first-order chi connectivity index (χ1) is 20.2. The monoisotopic (exact) mass is 556 g/mol. The van der Waals surface area contributed by atoms with Crippen molar-refractivity contribution in [2.45, 2.75) is 19.1 Å². The minimum absolute atomic E-state index is 0.0220. The number of benzene rings is 4. The molecule has 8 nitrogen and oxygen atoms in total. The van der Waals surface area contributed by atoms with Crippen LogP contribution in [0.2, 0.25) is 0 Å². The highest BCUT2D eigenvalue weighted by molar-refractivity contribution is 5.96. The molecule has 214 valence electrons. The van der Waals surface area contributed by atoms with Crippen molar-refractivity contribution in [1.29, 1.82) is 0 Å². The Kier molecular flexibility index (Phi) is 9.57. The molecule has 4 aromatic rings. The first-order valence-electron chi connectivity index (χ1n) is 13.8. The van der Waals surface area contributed by atoms with Gasteiger partial charge in [0.2, 0.25) is 5.91 Å². The predicted octanol–water partition coefficient (Wildman–Crippen LogP) is 5.23. The molecule has 1 saturated heterocycles. The number of ether oxygens (including phenoxy) is 5. The van der Waals surface area contributed by atoms with Crippen LogP contribution in [-0.2, 0) is 16.1 Å². The molecule has 1 fully saturated rings. The summed E-state index contributed by atoms with van der Waals surface area (Å²) in [5, 5.41) is 5.48. The van der Waals surface area contributed by atoms with Gasteiger partial charge >= 0.3 is 0 Å². The Bertz CT molecular complexity index is 1460. The third-order valence-electron chi connectivity index (χ3n) is 7.02. The van der Waals surface area contributed by atoms with Crippen molar-refractivity contribution in [2.75, 3.05) is 52.0 Å². The molecule has 5 rings (SSSR count). The molecule has 1 aliphatic rings. The molecule has 1 N–H and O–H groups in total.